The maximum absolute atomic E-state index is 5.98. The Bertz CT molecular complexity index is 911. The van der Waals surface area contributed by atoms with Crippen LogP contribution in [0.5, 0.6) is 0 Å². The van der Waals surface area contributed by atoms with E-state index in [1.807, 2.05) is 31.3 Å². The average molecular weight is 380 g/mol. The fourth-order valence-electron chi connectivity index (χ4n) is 2.46. The number of hydrogen-bond acceptors (Lipinski definition) is 5. The minimum atomic E-state index is 0.569. The van der Waals surface area contributed by atoms with Crippen molar-refractivity contribution in [2.75, 3.05) is 7.05 Å². The van der Waals surface area contributed by atoms with Crippen molar-refractivity contribution < 1.29 is 0 Å². The lowest BCUT2D eigenvalue weighted by Gasteiger charge is -2.14. The number of tetrazole rings is 1. The van der Waals surface area contributed by atoms with Gasteiger partial charge < -0.3 is 0 Å². The van der Waals surface area contributed by atoms with Gasteiger partial charge >= 0.3 is 0 Å². The maximum atomic E-state index is 5.98. The highest BCUT2D eigenvalue weighted by Crippen LogP contribution is 2.22. The summed E-state index contributed by atoms with van der Waals surface area (Å²) in [4.78, 5) is 3.33. The van der Waals surface area contributed by atoms with Gasteiger partial charge in [-0.2, -0.15) is 4.68 Å². The number of benzene rings is 1. The summed E-state index contributed by atoms with van der Waals surface area (Å²) in [7, 11) is 2.02. The number of nitrogens with zero attached hydrogens (tertiary/aromatic N) is 5. The second-order valence-corrected chi connectivity index (χ2v) is 7.92. The Balaban J connectivity index is 1.80. The Morgan fingerprint density at radius 1 is 1.21 bits per heavy atom. The molecular weight excluding hydrogens is 362 g/mol. The molecule has 8 heteroatoms. The first-order valence-corrected chi connectivity index (χ1v) is 9.08. The highest BCUT2D eigenvalue weighted by atomic mass is 35.5. The molecule has 0 saturated carbocycles. The van der Waals surface area contributed by atoms with E-state index in [1.54, 1.807) is 20.7 Å². The van der Waals surface area contributed by atoms with E-state index in [0.717, 1.165) is 22.1 Å². The Hall–Kier alpha value is -1.54. The molecule has 0 amide bonds. The van der Waals surface area contributed by atoms with Crippen molar-refractivity contribution in [3.8, 4) is 5.69 Å². The van der Waals surface area contributed by atoms with E-state index in [4.69, 9.17) is 23.8 Å². The maximum Gasteiger partial charge on any atom is 0.221 e. The van der Waals surface area contributed by atoms with E-state index >= 15 is 0 Å². The smallest absolute Gasteiger partial charge is 0.221 e. The molecule has 0 spiro atoms. The van der Waals surface area contributed by atoms with Crippen molar-refractivity contribution in [2.45, 2.75) is 27.1 Å². The van der Waals surface area contributed by atoms with Gasteiger partial charge in [-0.25, -0.2) is 4.68 Å². The molecule has 0 radical (unpaired) electrons. The van der Waals surface area contributed by atoms with E-state index in [0.29, 0.717) is 11.4 Å². The zero-order chi connectivity index (χ0) is 17.3. The monoisotopic (exact) mass is 379 g/mol. The second-order valence-electron chi connectivity index (χ2n) is 5.75. The van der Waals surface area contributed by atoms with Crippen molar-refractivity contribution in [3.05, 3.63) is 55.4 Å². The lowest BCUT2D eigenvalue weighted by Crippen LogP contribution is -2.22. The minimum absolute atomic E-state index is 0.569. The molecule has 3 aromatic rings. The lowest BCUT2D eigenvalue weighted by molar-refractivity contribution is 0.244. The van der Waals surface area contributed by atoms with Crippen LogP contribution in [0.15, 0.2) is 30.3 Å². The number of halogens is 1. The summed E-state index contributed by atoms with van der Waals surface area (Å²) in [5.74, 6) is 0. The molecule has 1 aromatic carbocycles. The molecular formula is C16H18ClN5S2. The first kappa shape index (κ1) is 17.3. The topological polar surface area (TPSA) is 38.9 Å². The second kappa shape index (κ2) is 7.14. The summed E-state index contributed by atoms with van der Waals surface area (Å²) in [5.41, 5.74) is 3.33. The lowest BCUT2D eigenvalue weighted by atomic mass is 10.1. The van der Waals surface area contributed by atoms with Gasteiger partial charge in [0.15, 0.2) is 0 Å². The predicted molar refractivity (Wildman–Crippen MR) is 100 cm³/mol. The van der Waals surface area contributed by atoms with Gasteiger partial charge in [0.2, 0.25) is 4.77 Å². The molecule has 126 valence electrons. The van der Waals surface area contributed by atoms with Crippen LogP contribution in [0, 0.1) is 18.6 Å². The van der Waals surface area contributed by atoms with Crippen LogP contribution in [0.25, 0.3) is 5.69 Å². The summed E-state index contributed by atoms with van der Waals surface area (Å²) in [6, 6.07) is 10.0. The fourth-order valence-corrected chi connectivity index (χ4v) is 3.86. The summed E-state index contributed by atoms with van der Waals surface area (Å²) < 4.78 is 4.83. The van der Waals surface area contributed by atoms with Gasteiger partial charge in [-0.15, -0.1) is 11.3 Å². The predicted octanol–water partition coefficient (Wildman–Crippen LogP) is 4.22. The normalized spacial score (nSPS) is 11.4. The molecule has 0 fully saturated rings. The third-order valence-electron chi connectivity index (χ3n) is 3.87. The van der Waals surface area contributed by atoms with Crippen molar-refractivity contribution >= 4 is 35.2 Å². The zero-order valence-corrected chi connectivity index (χ0v) is 16.1. The van der Waals surface area contributed by atoms with Crippen LogP contribution >= 0.6 is 35.2 Å². The van der Waals surface area contributed by atoms with Crippen LogP contribution in [0.1, 0.15) is 16.0 Å². The first-order chi connectivity index (χ1) is 11.5. The molecule has 0 bridgehead atoms. The average Bonchev–Trinajstić information content (AvgIpc) is 3.09. The molecule has 0 saturated heterocycles. The summed E-state index contributed by atoms with van der Waals surface area (Å²) in [6.45, 7) is 5.50. The number of aryl methyl sites for hydroxylation is 1. The van der Waals surface area contributed by atoms with Gasteiger partial charge in [-0.1, -0.05) is 23.7 Å². The van der Waals surface area contributed by atoms with E-state index in [9.17, 15) is 0 Å². The molecule has 2 heterocycles. The highest BCUT2D eigenvalue weighted by Gasteiger charge is 2.11. The van der Waals surface area contributed by atoms with Gasteiger partial charge in [0, 0.05) is 11.4 Å². The van der Waals surface area contributed by atoms with Crippen molar-refractivity contribution in [1.29, 1.82) is 0 Å². The molecule has 5 nitrogen and oxygen atoms in total. The molecule has 0 aliphatic carbocycles. The van der Waals surface area contributed by atoms with Crippen LogP contribution in [-0.2, 0) is 13.2 Å². The minimum Gasteiger partial charge on any atom is -0.282 e. The number of thiophene rings is 1. The Morgan fingerprint density at radius 3 is 2.71 bits per heavy atom. The molecule has 0 unspecified atom stereocenters. The molecule has 0 N–H and O–H groups in total. The van der Waals surface area contributed by atoms with E-state index < -0.39 is 0 Å². The summed E-state index contributed by atoms with van der Waals surface area (Å²) >= 11 is 13.1. The SMILES string of the molecule is Cc1cccc(-n2nnn(CN(C)Cc3ccc(Cl)s3)c2=S)c1C. The number of aromatic nitrogens is 4. The highest BCUT2D eigenvalue weighted by molar-refractivity contribution is 7.71. The fraction of sp³-hybridized carbons (Fsp3) is 0.312. The quantitative estimate of drug-likeness (QED) is 0.622. The number of rotatable bonds is 5. The van der Waals surface area contributed by atoms with Crippen LogP contribution < -0.4 is 0 Å². The Labute approximate surface area is 155 Å². The van der Waals surface area contributed by atoms with Gasteiger partial charge in [0.1, 0.15) is 0 Å². The van der Waals surface area contributed by atoms with Crippen LogP contribution in [0.3, 0.4) is 0 Å². The van der Waals surface area contributed by atoms with Crippen LogP contribution in [0.2, 0.25) is 4.34 Å². The van der Waals surface area contributed by atoms with Crippen LogP contribution in [0.4, 0.5) is 0 Å². The third kappa shape index (κ3) is 3.59. The van der Waals surface area contributed by atoms with E-state index in [-0.39, 0.29) is 0 Å². The molecule has 0 atom stereocenters. The first-order valence-electron chi connectivity index (χ1n) is 7.48. The van der Waals surface area contributed by atoms with Gasteiger partial charge in [-0.3, -0.25) is 4.90 Å². The van der Waals surface area contributed by atoms with Crippen molar-refractivity contribution in [3.63, 3.8) is 0 Å². The van der Waals surface area contributed by atoms with E-state index in [1.165, 1.54) is 10.4 Å². The van der Waals surface area contributed by atoms with Gasteiger partial charge in [0.05, 0.1) is 16.7 Å². The molecule has 2 aromatic heterocycles. The van der Waals surface area contributed by atoms with E-state index in [2.05, 4.69) is 35.2 Å². The number of hydrogen-bond donors (Lipinski definition) is 0. The van der Waals surface area contributed by atoms with Gasteiger partial charge in [-0.05, 0) is 72.9 Å². The standard InChI is InChI=1S/C16H18ClN5S2/c1-11-5-4-6-14(12(11)2)22-16(23)21(18-19-22)10-20(3)9-13-7-8-15(17)24-13/h4-8H,9-10H2,1-3H3. The molecule has 0 aliphatic heterocycles. The third-order valence-corrected chi connectivity index (χ3v) is 5.47. The molecule has 3 rings (SSSR count). The van der Waals surface area contributed by atoms with Crippen molar-refractivity contribution in [1.82, 2.24) is 24.7 Å². The van der Waals surface area contributed by atoms with Crippen LogP contribution in [-0.4, -0.2) is 31.7 Å². The Kier molecular flexibility index (Phi) is 5.15. The molecule has 0 aliphatic rings. The largest absolute Gasteiger partial charge is 0.282 e. The van der Waals surface area contributed by atoms with Crippen molar-refractivity contribution in [2.24, 2.45) is 0 Å². The summed E-state index contributed by atoms with van der Waals surface area (Å²) in [6.07, 6.45) is 0. The van der Waals surface area contributed by atoms with Gasteiger partial charge in [0.25, 0.3) is 0 Å². The zero-order valence-electron chi connectivity index (χ0n) is 13.7. The summed E-state index contributed by atoms with van der Waals surface area (Å²) in [5, 5.41) is 8.44. The Morgan fingerprint density at radius 2 is 2.00 bits per heavy atom. The molecule has 24 heavy (non-hydrogen) atoms.